The molecule has 2 N–H and O–H groups in total. The van der Waals surface area contributed by atoms with E-state index in [0.717, 1.165) is 16.3 Å². The summed E-state index contributed by atoms with van der Waals surface area (Å²) in [5, 5.41) is 12.2. The number of Topliss-reactive ketones (excluding diaryl/α,β-unsaturated/α-hetero) is 1. The van der Waals surface area contributed by atoms with Crippen molar-refractivity contribution in [2.75, 3.05) is 6.54 Å². The molecular formula is C25H30N2O6S. The van der Waals surface area contributed by atoms with Gasteiger partial charge in [-0.1, -0.05) is 49.4 Å². The summed E-state index contributed by atoms with van der Waals surface area (Å²) in [5.74, 6) is -1.67. The molecule has 2 unspecified atom stereocenters. The fourth-order valence-electron chi connectivity index (χ4n) is 4.11. The van der Waals surface area contributed by atoms with Crippen LogP contribution in [-0.4, -0.2) is 54.1 Å². The number of ketones is 1. The Morgan fingerprint density at radius 3 is 2.32 bits per heavy atom. The number of hydrogen-bond acceptors (Lipinski definition) is 5. The first kappa shape index (κ1) is 25.6. The highest BCUT2D eigenvalue weighted by atomic mass is 32.2. The third kappa shape index (κ3) is 6.30. The van der Waals surface area contributed by atoms with Crippen molar-refractivity contribution in [3.05, 3.63) is 65.7 Å². The van der Waals surface area contributed by atoms with E-state index >= 15 is 0 Å². The molecule has 3 rings (SSSR count). The molecule has 182 valence electrons. The number of benzene rings is 2. The molecule has 1 aliphatic heterocycles. The van der Waals surface area contributed by atoms with Gasteiger partial charge in [-0.2, -0.15) is 4.31 Å². The van der Waals surface area contributed by atoms with Crippen LogP contribution in [0.25, 0.3) is 0 Å². The lowest BCUT2D eigenvalue weighted by Gasteiger charge is -2.25. The van der Waals surface area contributed by atoms with E-state index < -0.39 is 34.0 Å². The molecule has 1 heterocycles. The van der Waals surface area contributed by atoms with E-state index in [4.69, 9.17) is 0 Å². The molecule has 0 aromatic heterocycles. The van der Waals surface area contributed by atoms with E-state index in [0.29, 0.717) is 31.2 Å². The largest absolute Gasteiger partial charge is 0.480 e. The molecule has 34 heavy (non-hydrogen) atoms. The highest BCUT2D eigenvalue weighted by Gasteiger charge is 2.40. The third-order valence-corrected chi connectivity index (χ3v) is 7.79. The van der Waals surface area contributed by atoms with Gasteiger partial charge in [0.25, 0.3) is 0 Å². The fraction of sp³-hybridized carbons (Fsp3) is 0.400. The minimum absolute atomic E-state index is 0.0441. The van der Waals surface area contributed by atoms with Crippen molar-refractivity contribution in [3.63, 3.8) is 0 Å². The smallest absolute Gasteiger partial charge is 0.326 e. The molecule has 0 radical (unpaired) electrons. The molecular weight excluding hydrogens is 456 g/mol. The van der Waals surface area contributed by atoms with Crippen molar-refractivity contribution in [1.82, 2.24) is 9.62 Å². The second-order valence-electron chi connectivity index (χ2n) is 8.47. The zero-order valence-electron chi connectivity index (χ0n) is 19.1. The number of aliphatic carboxylic acids is 1. The lowest BCUT2D eigenvalue weighted by atomic mass is 10.0. The van der Waals surface area contributed by atoms with Gasteiger partial charge in [0.1, 0.15) is 17.9 Å². The molecule has 0 bridgehead atoms. The van der Waals surface area contributed by atoms with Crippen molar-refractivity contribution < 1.29 is 27.9 Å². The Kier molecular flexibility index (Phi) is 8.57. The molecule has 8 nitrogen and oxygen atoms in total. The Hall–Kier alpha value is -3.04. The molecule has 0 aliphatic carbocycles. The number of carboxylic acids is 1. The molecule has 0 spiro atoms. The average Bonchev–Trinajstić information content (AvgIpc) is 3.32. The van der Waals surface area contributed by atoms with Crippen molar-refractivity contribution in [2.24, 2.45) is 0 Å². The van der Waals surface area contributed by atoms with E-state index in [9.17, 15) is 27.9 Å². The quantitative estimate of drug-likeness (QED) is 0.504. The predicted molar refractivity (Wildman–Crippen MR) is 127 cm³/mol. The van der Waals surface area contributed by atoms with Gasteiger partial charge in [-0.25, -0.2) is 13.2 Å². The molecule has 1 aliphatic rings. The fourth-order valence-corrected chi connectivity index (χ4v) is 5.79. The number of rotatable bonds is 11. The number of carbonyl (C=O) groups is 3. The van der Waals surface area contributed by atoms with Crippen molar-refractivity contribution in [2.45, 2.75) is 62.4 Å². The van der Waals surface area contributed by atoms with Gasteiger partial charge >= 0.3 is 5.97 Å². The lowest BCUT2D eigenvalue weighted by Crippen LogP contribution is -2.51. The monoisotopic (exact) mass is 486 g/mol. The topological polar surface area (TPSA) is 121 Å². The highest BCUT2D eigenvalue weighted by molar-refractivity contribution is 7.89. The first-order chi connectivity index (χ1) is 16.2. The summed E-state index contributed by atoms with van der Waals surface area (Å²) >= 11 is 0. The first-order valence-corrected chi connectivity index (χ1v) is 12.9. The van der Waals surface area contributed by atoms with E-state index in [1.54, 1.807) is 42.5 Å². The minimum atomic E-state index is -3.87. The third-order valence-electron chi connectivity index (χ3n) is 5.86. The summed E-state index contributed by atoms with van der Waals surface area (Å²) in [5.41, 5.74) is 1.55. The standard InChI is InChI=1S/C25H30N2O6S/c1-2-7-20(28)16-18-11-13-19(14-12-18)17-22(25(30)31)26-24(29)23-10-6-15-27(23)34(32,33)21-8-4-3-5-9-21/h3-5,8-9,11-14,22-23H,2,6-7,10,15-17H2,1H3,(H,26,29)(H,30,31). The van der Waals surface area contributed by atoms with E-state index in [2.05, 4.69) is 5.32 Å². The van der Waals surface area contributed by atoms with Crippen LogP contribution in [-0.2, 0) is 37.2 Å². The van der Waals surface area contributed by atoms with Crippen LogP contribution in [0.3, 0.4) is 0 Å². The summed E-state index contributed by atoms with van der Waals surface area (Å²) in [6, 6.07) is 12.8. The average molecular weight is 487 g/mol. The molecule has 1 saturated heterocycles. The number of nitrogens with zero attached hydrogens (tertiary/aromatic N) is 1. The molecule has 2 aromatic rings. The summed E-state index contributed by atoms with van der Waals surface area (Å²) in [6.45, 7) is 2.15. The van der Waals surface area contributed by atoms with Gasteiger partial charge in [0.05, 0.1) is 4.90 Å². The van der Waals surface area contributed by atoms with Gasteiger partial charge < -0.3 is 10.4 Å². The number of sulfonamides is 1. The number of hydrogen-bond donors (Lipinski definition) is 2. The van der Waals surface area contributed by atoms with E-state index in [-0.39, 0.29) is 23.6 Å². The van der Waals surface area contributed by atoms with Crippen molar-refractivity contribution in [1.29, 1.82) is 0 Å². The molecule has 0 saturated carbocycles. The lowest BCUT2D eigenvalue weighted by molar-refractivity contribution is -0.142. The summed E-state index contributed by atoms with van der Waals surface area (Å²) in [7, 11) is -3.87. The zero-order valence-corrected chi connectivity index (χ0v) is 20.0. The normalized spacial score (nSPS) is 17.3. The van der Waals surface area contributed by atoms with E-state index in [1.165, 1.54) is 12.1 Å². The molecule has 9 heteroatoms. The van der Waals surface area contributed by atoms with Gasteiger partial charge in [0.2, 0.25) is 15.9 Å². The van der Waals surface area contributed by atoms with Crippen LogP contribution >= 0.6 is 0 Å². The Balaban J connectivity index is 1.68. The van der Waals surface area contributed by atoms with Crippen LogP contribution in [0.15, 0.2) is 59.5 Å². The van der Waals surface area contributed by atoms with Gasteiger partial charge in [-0.3, -0.25) is 9.59 Å². The molecule has 1 amide bonds. The molecule has 2 aromatic carbocycles. The number of amides is 1. The predicted octanol–water partition coefficient (Wildman–Crippen LogP) is 2.56. The highest BCUT2D eigenvalue weighted by Crippen LogP contribution is 2.26. The summed E-state index contributed by atoms with van der Waals surface area (Å²) < 4.78 is 27.2. The van der Waals surface area contributed by atoms with Crippen LogP contribution < -0.4 is 5.32 Å². The summed E-state index contributed by atoms with van der Waals surface area (Å²) in [6.07, 6.45) is 2.53. The van der Waals surface area contributed by atoms with Gasteiger partial charge in [-0.15, -0.1) is 0 Å². The zero-order chi connectivity index (χ0) is 24.7. The van der Waals surface area contributed by atoms with E-state index in [1.807, 2.05) is 6.92 Å². The molecule has 1 fully saturated rings. The Labute approximate surface area is 200 Å². The first-order valence-electron chi connectivity index (χ1n) is 11.4. The maximum absolute atomic E-state index is 13.0. The van der Waals surface area contributed by atoms with Crippen molar-refractivity contribution in [3.8, 4) is 0 Å². The van der Waals surface area contributed by atoms with Crippen LogP contribution in [0.4, 0.5) is 0 Å². The van der Waals surface area contributed by atoms with Crippen LogP contribution in [0.5, 0.6) is 0 Å². The van der Waals surface area contributed by atoms with Gasteiger partial charge in [0.15, 0.2) is 0 Å². The Morgan fingerprint density at radius 1 is 1.06 bits per heavy atom. The molecule has 2 atom stereocenters. The van der Waals surface area contributed by atoms with Crippen LogP contribution in [0.2, 0.25) is 0 Å². The Bertz CT molecular complexity index is 1120. The maximum atomic E-state index is 13.0. The van der Waals surface area contributed by atoms with Gasteiger partial charge in [0, 0.05) is 25.8 Å². The number of carbonyl (C=O) groups excluding carboxylic acids is 2. The van der Waals surface area contributed by atoms with Gasteiger partial charge in [-0.05, 0) is 42.5 Å². The second kappa shape index (κ2) is 11.4. The van der Waals surface area contributed by atoms with Crippen LogP contribution in [0, 0.1) is 0 Å². The summed E-state index contributed by atoms with van der Waals surface area (Å²) in [4.78, 5) is 36.7. The maximum Gasteiger partial charge on any atom is 0.326 e. The minimum Gasteiger partial charge on any atom is -0.480 e. The Morgan fingerprint density at radius 2 is 1.71 bits per heavy atom. The SMILES string of the molecule is CCCC(=O)Cc1ccc(CC(NC(=O)C2CCCN2S(=O)(=O)c2ccccc2)C(=O)O)cc1. The number of nitrogens with one attached hydrogen (secondary N) is 1. The second-order valence-corrected chi connectivity index (χ2v) is 10.4. The number of carboxylic acid groups (broad SMARTS) is 1. The van der Waals surface area contributed by atoms with Crippen molar-refractivity contribution >= 4 is 27.7 Å². The van der Waals surface area contributed by atoms with Crippen LogP contribution in [0.1, 0.15) is 43.7 Å².